The number of hydrogen-bond donors (Lipinski definition) is 1. The first kappa shape index (κ1) is 14.5. The van der Waals surface area contributed by atoms with Crippen molar-refractivity contribution in [2.75, 3.05) is 18.0 Å². The van der Waals surface area contributed by atoms with Crippen LogP contribution in [0.1, 0.15) is 31.7 Å². The van der Waals surface area contributed by atoms with Crippen molar-refractivity contribution in [1.29, 1.82) is 0 Å². The van der Waals surface area contributed by atoms with Gasteiger partial charge in [0, 0.05) is 18.6 Å². The molecule has 0 saturated carbocycles. The van der Waals surface area contributed by atoms with Gasteiger partial charge in [0.05, 0.1) is 0 Å². The topological polar surface area (TPSA) is 41.0 Å². The lowest BCUT2D eigenvalue weighted by Crippen LogP contribution is -2.41. The normalized spacial score (nSPS) is 20.2. The fourth-order valence-electron chi connectivity index (χ4n) is 2.11. The zero-order valence-electron chi connectivity index (χ0n) is 10.9. The molecule has 19 heavy (non-hydrogen) atoms. The summed E-state index contributed by atoms with van der Waals surface area (Å²) in [6, 6.07) is 0.414. The summed E-state index contributed by atoms with van der Waals surface area (Å²) in [6.07, 6.45) is -2.25. The molecule has 0 radical (unpaired) electrons. The Hall–Kier alpha value is -0.890. The lowest BCUT2D eigenvalue weighted by molar-refractivity contribution is -0.138. The molecule has 0 bridgehead atoms. The fourth-order valence-corrected chi connectivity index (χ4v) is 2.96. The molecule has 1 aliphatic rings. The largest absolute Gasteiger partial charge is 0.445 e. The molecule has 0 aromatic carbocycles. The van der Waals surface area contributed by atoms with E-state index < -0.39 is 11.2 Å². The number of alkyl halides is 3. The molecule has 1 saturated heterocycles. The molecule has 1 aliphatic heterocycles. The van der Waals surface area contributed by atoms with Gasteiger partial charge in [0.1, 0.15) is 0 Å². The minimum absolute atomic E-state index is 0.0939. The Morgan fingerprint density at radius 3 is 2.63 bits per heavy atom. The lowest BCUT2D eigenvalue weighted by Gasteiger charge is -2.28. The van der Waals surface area contributed by atoms with E-state index in [2.05, 4.69) is 15.5 Å². The molecule has 1 aromatic heterocycles. The molecule has 1 N–H and O–H groups in total. The molecule has 0 amide bonds. The number of hydrogen-bond acceptors (Lipinski definition) is 5. The van der Waals surface area contributed by atoms with Gasteiger partial charge in [0.2, 0.25) is 10.1 Å². The number of nitrogens with one attached hydrogen (secondary N) is 1. The SMILES string of the molecule is CC(C)N(CC1CCCN1)c1nnc(C(F)(F)F)s1. The van der Waals surface area contributed by atoms with Gasteiger partial charge < -0.3 is 10.2 Å². The summed E-state index contributed by atoms with van der Waals surface area (Å²) < 4.78 is 37.6. The first-order chi connectivity index (χ1) is 8.88. The van der Waals surface area contributed by atoms with E-state index in [1.54, 1.807) is 0 Å². The summed E-state index contributed by atoms with van der Waals surface area (Å²) in [4.78, 5) is 1.88. The van der Waals surface area contributed by atoms with Gasteiger partial charge in [-0.25, -0.2) is 0 Å². The molecule has 2 heterocycles. The molecule has 1 aromatic rings. The molecule has 108 valence electrons. The second-order valence-corrected chi connectivity index (χ2v) is 5.88. The highest BCUT2D eigenvalue weighted by Gasteiger charge is 2.36. The van der Waals surface area contributed by atoms with E-state index in [9.17, 15) is 13.2 Å². The predicted molar refractivity (Wildman–Crippen MR) is 68.4 cm³/mol. The Labute approximate surface area is 114 Å². The fraction of sp³-hybridized carbons (Fsp3) is 0.818. The van der Waals surface area contributed by atoms with Crippen LogP contribution in [0.15, 0.2) is 0 Å². The van der Waals surface area contributed by atoms with Crippen LogP contribution in [-0.4, -0.2) is 35.4 Å². The van der Waals surface area contributed by atoms with Crippen LogP contribution < -0.4 is 10.2 Å². The zero-order valence-corrected chi connectivity index (χ0v) is 11.7. The van der Waals surface area contributed by atoms with Crippen LogP contribution in [0.4, 0.5) is 18.3 Å². The van der Waals surface area contributed by atoms with Crippen LogP contribution in [0.2, 0.25) is 0 Å². The smallest absolute Gasteiger partial charge is 0.343 e. The summed E-state index contributed by atoms with van der Waals surface area (Å²) in [7, 11) is 0. The highest BCUT2D eigenvalue weighted by Crippen LogP contribution is 2.35. The maximum absolute atomic E-state index is 12.5. The quantitative estimate of drug-likeness (QED) is 0.926. The molecule has 2 rings (SSSR count). The number of aromatic nitrogens is 2. The standard InChI is InChI=1S/C11H17F3N4S/c1-7(2)18(6-8-4-3-5-15-8)10-17-16-9(19-10)11(12,13)14/h7-8,15H,3-6H2,1-2H3. The van der Waals surface area contributed by atoms with Crippen LogP contribution in [0, 0.1) is 0 Å². The number of nitrogens with zero attached hydrogens (tertiary/aromatic N) is 3. The predicted octanol–water partition coefficient (Wildman–Crippen LogP) is 2.52. The second-order valence-electron chi connectivity index (χ2n) is 4.93. The lowest BCUT2D eigenvalue weighted by atomic mass is 10.2. The van der Waals surface area contributed by atoms with E-state index in [-0.39, 0.29) is 6.04 Å². The average molecular weight is 294 g/mol. The van der Waals surface area contributed by atoms with Gasteiger partial charge in [0.15, 0.2) is 0 Å². The summed E-state index contributed by atoms with van der Waals surface area (Å²) in [5, 5.41) is 9.74. The highest BCUT2D eigenvalue weighted by atomic mass is 32.1. The van der Waals surface area contributed by atoms with Crippen molar-refractivity contribution in [3.8, 4) is 0 Å². The van der Waals surface area contributed by atoms with Gasteiger partial charge in [0.25, 0.3) is 0 Å². The second kappa shape index (κ2) is 5.62. The van der Waals surface area contributed by atoms with Crippen molar-refractivity contribution in [2.45, 2.75) is 44.9 Å². The molecule has 0 aliphatic carbocycles. The monoisotopic (exact) mass is 294 g/mol. The number of halogens is 3. The zero-order chi connectivity index (χ0) is 14.0. The maximum atomic E-state index is 12.5. The third kappa shape index (κ3) is 3.56. The van der Waals surface area contributed by atoms with Crippen LogP contribution in [-0.2, 0) is 6.18 Å². The van der Waals surface area contributed by atoms with Crippen molar-refractivity contribution in [3.63, 3.8) is 0 Å². The first-order valence-electron chi connectivity index (χ1n) is 6.28. The Kier molecular flexibility index (Phi) is 4.29. The molecule has 1 atom stereocenters. The summed E-state index contributed by atoms with van der Waals surface area (Å²) in [6.45, 7) is 5.54. The average Bonchev–Trinajstić information content (AvgIpc) is 2.95. The summed E-state index contributed by atoms with van der Waals surface area (Å²) in [5.74, 6) is 0. The molecule has 1 unspecified atom stereocenters. The maximum Gasteiger partial charge on any atom is 0.445 e. The first-order valence-corrected chi connectivity index (χ1v) is 7.10. The molecule has 8 heteroatoms. The van der Waals surface area contributed by atoms with Crippen LogP contribution >= 0.6 is 11.3 Å². The summed E-state index contributed by atoms with van der Waals surface area (Å²) >= 11 is 0.611. The summed E-state index contributed by atoms with van der Waals surface area (Å²) in [5.41, 5.74) is 0. The van der Waals surface area contributed by atoms with Gasteiger partial charge >= 0.3 is 6.18 Å². The highest BCUT2D eigenvalue weighted by molar-refractivity contribution is 7.15. The third-order valence-corrected chi connectivity index (χ3v) is 4.11. The van der Waals surface area contributed by atoms with Crippen LogP contribution in [0.3, 0.4) is 0 Å². The van der Waals surface area contributed by atoms with E-state index in [1.807, 2.05) is 18.7 Å². The molecular weight excluding hydrogens is 277 g/mol. The minimum atomic E-state index is -4.41. The van der Waals surface area contributed by atoms with Crippen molar-refractivity contribution in [1.82, 2.24) is 15.5 Å². The number of anilines is 1. The van der Waals surface area contributed by atoms with Gasteiger partial charge in [-0.2, -0.15) is 13.2 Å². The van der Waals surface area contributed by atoms with Gasteiger partial charge in [-0.1, -0.05) is 11.3 Å². The Bertz CT molecular complexity index is 412. The van der Waals surface area contributed by atoms with Crippen molar-refractivity contribution in [3.05, 3.63) is 5.01 Å². The molecule has 4 nitrogen and oxygen atoms in total. The third-order valence-electron chi connectivity index (χ3n) is 3.11. The van der Waals surface area contributed by atoms with E-state index in [1.165, 1.54) is 0 Å². The van der Waals surface area contributed by atoms with Crippen molar-refractivity contribution in [2.24, 2.45) is 0 Å². The van der Waals surface area contributed by atoms with E-state index in [4.69, 9.17) is 0 Å². The van der Waals surface area contributed by atoms with Crippen LogP contribution in [0.25, 0.3) is 0 Å². The van der Waals surface area contributed by atoms with E-state index in [0.717, 1.165) is 19.4 Å². The number of rotatable bonds is 4. The minimum Gasteiger partial charge on any atom is -0.343 e. The van der Waals surface area contributed by atoms with E-state index >= 15 is 0 Å². The van der Waals surface area contributed by atoms with Crippen LogP contribution in [0.5, 0.6) is 0 Å². The van der Waals surface area contributed by atoms with Gasteiger partial charge in [-0.05, 0) is 33.2 Å². The van der Waals surface area contributed by atoms with Crippen molar-refractivity contribution >= 4 is 16.5 Å². The molecule has 1 fully saturated rings. The van der Waals surface area contributed by atoms with E-state index in [0.29, 0.717) is 29.1 Å². The van der Waals surface area contributed by atoms with Gasteiger partial charge in [-0.3, -0.25) is 0 Å². The van der Waals surface area contributed by atoms with Gasteiger partial charge in [-0.15, -0.1) is 10.2 Å². The molecule has 0 spiro atoms. The molecular formula is C11H17F3N4S. The Balaban J connectivity index is 2.12. The Morgan fingerprint density at radius 2 is 2.16 bits per heavy atom. The van der Waals surface area contributed by atoms with Crippen molar-refractivity contribution < 1.29 is 13.2 Å². The Morgan fingerprint density at radius 1 is 1.42 bits per heavy atom.